The molecule has 1 unspecified atom stereocenters. The van der Waals surface area contributed by atoms with Crippen LogP contribution in [0.15, 0.2) is 36.5 Å². The zero-order valence-corrected chi connectivity index (χ0v) is 18.7. The summed E-state index contributed by atoms with van der Waals surface area (Å²) in [6.07, 6.45) is 1.57. The number of nitrogens with zero attached hydrogens (tertiary/aromatic N) is 4. The number of carbonyl (C=O) groups is 2. The molecule has 164 valence electrons. The molecule has 7 nitrogen and oxygen atoms in total. The minimum absolute atomic E-state index is 0.0148. The van der Waals surface area contributed by atoms with Crippen molar-refractivity contribution in [1.82, 2.24) is 9.88 Å². The Bertz CT molecular complexity index is 965. The van der Waals surface area contributed by atoms with Crippen LogP contribution in [0.1, 0.15) is 35.3 Å². The van der Waals surface area contributed by atoms with Gasteiger partial charge in [-0.05, 0) is 55.2 Å². The lowest BCUT2D eigenvalue weighted by atomic mass is 10.0. The average Bonchev–Trinajstić information content (AvgIpc) is 3.15. The highest BCUT2D eigenvalue weighted by Gasteiger charge is 2.36. The fourth-order valence-electron chi connectivity index (χ4n) is 4.33. The number of amides is 2. The van der Waals surface area contributed by atoms with Gasteiger partial charge in [-0.25, -0.2) is 9.78 Å². The Morgan fingerprint density at radius 1 is 1.10 bits per heavy atom. The molecule has 0 N–H and O–H groups in total. The van der Waals surface area contributed by atoms with Gasteiger partial charge in [0, 0.05) is 43.6 Å². The highest BCUT2D eigenvalue weighted by atomic mass is 16.6. The molecular weight excluding hydrogens is 392 g/mol. The third kappa shape index (κ3) is 4.22. The normalized spacial score (nSPS) is 19.2. The summed E-state index contributed by atoms with van der Waals surface area (Å²) in [6, 6.07) is 9.44. The van der Waals surface area contributed by atoms with E-state index >= 15 is 0 Å². The predicted molar refractivity (Wildman–Crippen MR) is 121 cm³/mol. The van der Waals surface area contributed by atoms with Crippen LogP contribution in [0.3, 0.4) is 0 Å². The van der Waals surface area contributed by atoms with Crippen molar-refractivity contribution in [3.8, 4) is 0 Å². The molecule has 3 heterocycles. The Kier molecular flexibility index (Phi) is 5.85. The molecule has 2 saturated heterocycles. The van der Waals surface area contributed by atoms with Gasteiger partial charge in [0.2, 0.25) is 0 Å². The first-order valence-corrected chi connectivity index (χ1v) is 10.9. The summed E-state index contributed by atoms with van der Waals surface area (Å²) in [6.45, 7) is 11.5. The van der Waals surface area contributed by atoms with Crippen LogP contribution in [-0.2, 0) is 4.74 Å². The molecular formula is C24H30N4O3. The molecule has 0 saturated carbocycles. The molecule has 0 bridgehead atoms. The number of hydrogen-bond acceptors (Lipinski definition) is 5. The maximum atomic E-state index is 13.0. The third-order valence-corrected chi connectivity index (χ3v) is 6.12. The van der Waals surface area contributed by atoms with Crippen LogP contribution in [-0.4, -0.2) is 60.7 Å². The van der Waals surface area contributed by atoms with E-state index in [1.165, 1.54) is 0 Å². The number of carbonyl (C=O) groups excluding carboxylic acids is 2. The zero-order chi connectivity index (χ0) is 22.1. The van der Waals surface area contributed by atoms with Crippen molar-refractivity contribution in [1.29, 1.82) is 0 Å². The Balaban J connectivity index is 1.41. The van der Waals surface area contributed by atoms with Gasteiger partial charge >= 0.3 is 6.09 Å². The summed E-state index contributed by atoms with van der Waals surface area (Å²) < 4.78 is 5.23. The molecule has 2 aliphatic rings. The predicted octanol–water partition coefficient (Wildman–Crippen LogP) is 3.64. The first-order chi connectivity index (χ1) is 14.8. The molecule has 2 aromatic rings. The number of hydrogen-bond donors (Lipinski definition) is 0. The summed E-state index contributed by atoms with van der Waals surface area (Å²) in [5.74, 6) is 1.30. The third-order valence-electron chi connectivity index (χ3n) is 6.12. The topological polar surface area (TPSA) is 66.0 Å². The van der Waals surface area contributed by atoms with E-state index < -0.39 is 0 Å². The molecule has 2 aliphatic heterocycles. The van der Waals surface area contributed by atoms with E-state index in [0.717, 1.165) is 35.7 Å². The van der Waals surface area contributed by atoms with Gasteiger partial charge in [0.1, 0.15) is 12.4 Å². The molecule has 4 rings (SSSR count). The lowest BCUT2D eigenvalue weighted by molar-refractivity contribution is 0.0746. The van der Waals surface area contributed by atoms with Crippen LogP contribution in [0, 0.1) is 19.8 Å². The standard InChI is InChI=1S/C24H30N4O3/c1-16(2)21-15-31-24(30)28(21)20-7-5-19(6-8-20)23(29)27-11-9-26(10-12-27)22-18(4)13-17(3)14-25-22/h5-8,13-14,16,21H,9-12,15H2,1-4H3. The number of piperazine rings is 1. The Hall–Kier alpha value is -3.09. The van der Waals surface area contributed by atoms with E-state index in [0.29, 0.717) is 25.3 Å². The monoisotopic (exact) mass is 422 g/mol. The number of cyclic esters (lactones) is 1. The number of aryl methyl sites for hydroxylation is 2. The molecule has 2 fully saturated rings. The maximum absolute atomic E-state index is 13.0. The van der Waals surface area contributed by atoms with E-state index in [-0.39, 0.29) is 24.0 Å². The summed E-state index contributed by atoms with van der Waals surface area (Å²) in [5, 5.41) is 0. The Morgan fingerprint density at radius 3 is 2.39 bits per heavy atom. The van der Waals surface area contributed by atoms with Crippen molar-refractivity contribution in [3.63, 3.8) is 0 Å². The van der Waals surface area contributed by atoms with Gasteiger partial charge in [0.15, 0.2) is 0 Å². The van der Waals surface area contributed by atoms with Gasteiger partial charge in [-0.1, -0.05) is 19.9 Å². The highest BCUT2D eigenvalue weighted by molar-refractivity contribution is 5.96. The average molecular weight is 423 g/mol. The first kappa shape index (κ1) is 21.2. The second kappa shape index (κ2) is 8.57. The number of rotatable bonds is 4. The van der Waals surface area contributed by atoms with Crippen LogP contribution < -0.4 is 9.80 Å². The molecule has 1 atom stereocenters. The van der Waals surface area contributed by atoms with Crippen molar-refractivity contribution < 1.29 is 14.3 Å². The van der Waals surface area contributed by atoms with Crippen molar-refractivity contribution in [2.45, 2.75) is 33.7 Å². The lowest BCUT2D eigenvalue weighted by Crippen LogP contribution is -2.49. The summed E-state index contributed by atoms with van der Waals surface area (Å²) in [5.41, 5.74) is 3.72. The molecule has 1 aromatic heterocycles. The minimum atomic E-state index is -0.325. The number of aromatic nitrogens is 1. The van der Waals surface area contributed by atoms with Crippen molar-refractivity contribution in [2.24, 2.45) is 5.92 Å². The molecule has 1 aromatic carbocycles. The van der Waals surface area contributed by atoms with E-state index in [4.69, 9.17) is 4.74 Å². The summed E-state index contributed by atoms with van der Waals surface area (Å²) in [7, 11) is 0. The summed E-state index contributed by atoms with van der Waals surface area (Å²) >= 11 is 0. The van der Waals surface area contributed by atoms with Gasteiger partial charge in [-0.2, -0.15) is 0 Å². The lowest BCUT2D eigenvalue weighted by Gasteiger charge is -2.36. The van der Waals surface area contributed by atoms with Gasteiger partial charge in [-0.15, -0.1) is 0 Å². The van der Waals surface area contributed by atoms with Gasteiger partial charge in [-0.3, -0.25) is 9.69 Å². The van der Waals surface area contributed by atoms with Crippen LogP contribution >= 0.6 is 0 Å². The fraction of sp³-hybridized carbons (Fsp3) is 0.458. The second-order valence-corrected chi connectivity index (χ2v) is 8.74. The van der Waals surface area contributed by atoms with Gasteiger partial charge in [0.25, 0.3) is 5.91 Å². The van der Waals surface area contributed by atoms with Crippen LogP contribution in [0.4, 0.5) is 16.3 Å². The molecule has 0 radical (unpaired) electrons. The first-order valence-electron chi connectivity index (χ1n) is 10.9. The van der Waals surface area contributed by atoms with Crippen molar-refractivity contribution in [2.75, 3.05) is 42.6 Å². The number of pyridine rings is 1. The van der Waals surface area contributed by atoms with E-state index in [1.807, 2.05) is 30.2 Å². The summed E-state index contributed by atoms with van der Waals surface area (Å²) in [4.78, 5) is 35.6. The molecule has 0 aliphatic carbocycles. The SMILES string of the molecule is Cc1cnc(N2CCN(C(=O)c3ccc(N4C(=O)OCC4C(C)C)cc3)CC2)c(C)c1. The number of ether oxygens (including phenoxy) is 1. The fourth-order valence-corrected chi connectivity index (χ4v) is 4.33. The molecule has 0 spiro atoms. The second-order valence-electron chi connectivity index (χ2n) is 8.74. The van der Waals surface area contributed by atoms with Gasteiger partial charge < -0.3 is 14.5 Å². The van der Waals surface area contributed by atoms with E-state index in [2.05, 4.69) is 36.7 Å². The smallest absolute Gasteiger partial charge is 0.414 e. The van der Waals surface area contributed by atoms with Gasteiger partial charge in [0.05, 0.1) is 6.04 Å². The minimum Gasteiger partial charge on any atom is -0.447 e. The molecule has 31 heavy (non-hydrogen) atoms. The van der Waals surface area contributed by atoms with Crippen LogP contribution in [0.5, 0.6) is 0 Å². The molecule has 2 amide bonds. The van der Waals surface area contributed by atoms with Crippen LogP contribution in [0.25, 0.3) is 0 Å². The van der Waals surface area contributed by atoms with E-state index in [9.17, 15) is 9.59 Å². The largest absolute Gasteiger partial charge is 0.447 e. The quantitative estimate of drug-likeness (QED) is 0.753. The van der Waals surface area contributed by atoms with Crippen molar-refractivity contribution in [3.05, 3.63) is 53.2 Å². The molecule has 7 heteroatoms. The Morgan fingerprint density at radius 2 is 1.77 bits per heavy atom. The zero-order valence-electron chi connectivity index (χ0n) is 18.7. The van der Waals surface area contributed by atoms with Crippen LogP contribution in [0.2, 0.25) is 0 Å². The Labute approximate surface area is 183 Å². The number of benzene rings is 1. The van der Waals surface area contributed by atoms with Crippen molar-refractivity contribution >= 4 is 23.5 Å². The number of anilines is 2. The maximum Gasteiger partial charge on any atom is 0.414 e. The van der Waals surface area contributed by atoms with E-state index in [1.54, 1.807) is 17.0 Å². The highest BCUT2D eigenvalue weighted by Crippen LogP contribution is 2.28.